The zero-order chi connectivity index (χ0) is 12.0. The Morgan fingerprint density at radius 1 is 1.44 bits per heavy atom. The van der Waals surface area contributed by atoms with Crippen LogP contribution in [0.1, 0.15) is 46.5 Å². The van der Waals surface area contributed by atoms with Crippen LogP contribution in [0.25, 0.3) is 0 Å². The highest BCUT2D eigenvalue weighted by Crippen LogP contribution is 2.11. The third-order valence-corrected chi connectivity index (χ3v) is 2.45. The number of rotatable bonds is 4. The Balaban J connectivity index is 2.10. The van der Waals surface area contributed by atoms with E-state index in [9.17, 15) is 4.79 Å². The van der Waals surface area contributed by atoms with Crippen molar-refractivity contribution in [1.82, 2.24) is 5.32 Å². The Morgan fingerprint density at radius 3 is 2.75 bits per heavy atom. The second kappa shape index (κ2) is 6.04. The maximum atomic E-state index is 11.4. The molecule has 0 radical (unpaired) electrons. The smallest absolute Gasteiger partial charge is 0.307 e. The molecular weight excluding hydrogens is 202 g/mol. The van der Waals surface area contributed by atoms with Crippen LogP contribution in [0.2, 0.25) is 0 Å². The molecule has 1 N–H and O–H groups in total. The van der Waals surface area contributed by atoms with Gasteiger partial charge in [-0.2, -0.15) is 0 Å². The van der Waals surface area contributed by atoms with Crippen molar-refractivity contribution in [2.75, 3.05) is 6.54 Å². The van der Waals surface area contributed by atoms with E-state index in [-0.39, 0.29) is 11.6 Å². The molecule has 0 aromatic heterocycles. The summed E-state index contributed by atoms with van der Waals surface area (Å²) in [5, 5.41) is 3.39. The largest absolute Gasteiger partial charge is 0.460 e. The van der Waals surface area contributed by atoms with Crippen LogP contribution in [0, 0.1) is 0 Å². The Bertz CT molecular complexity index is 253. The lowest BCUT2D eigenvalue weighted by Crippen LogP contribution is -2.33. The quantitative estimate of drug-likeness (QED) is 0.590. The molecule has 0 saturated carbocycles. The van der Waals surface area contributed by atoms with E-state index in [1.165, 1.54) is 6.42 Å². The average Bonchev–Trinajstić information content (AvgIpc) is 2.16. The first-order chi connectivity index (χ1) is 7.47. The molecule has 92 valence electrons. The molecule has 1 unspecified atom stereocenters. The van der Waals surface area contributed by atoms with Gasteiger partial charge in [0.15, 0.2) is 0 Å². The summed E-state index contributed by atoms with van der Waals surface area (Å²) in [6.07, 6.45) is 8.27. The number of ether oxygens (including phenoxy) is 1. The lowest BCUT2D eigenvalue weighted by Gasteiger charge is -2.21. The number of carbonyl (C=O) groups is 1. The normalized spacial score (nSPS) is 20.8. The van der Waals surface area contributed by atoms with E-state index in [1.54, 1.807) is 0 Å². The molecule has 1 aliphatic rings. The van der Waals surface area contributed by atoms with Crippen LogP contribution < -0.4 is 5.32 Å². The van der Waals surface area contributed by atoms with Gasteiger partial charge in [0.05, 0.1) is 6.42 Å². The zero-order valence-corrected chi connectivity index (χ0v) is 10.6. The molecule has 0 aromatic rings. The van der Waals surface area contributed by atoms with Gasteiger partial charge in [0, 0.05) is 12.6 Å². The Kier molecular flexibility index (Phi) is 5.00. The van der Waals surface area contributed by atoms with Crippen molar-refractivity contribution >= 4 is 5.97 Å². The number of hydrogen-bond acceptors (Lipinski definition) is 3. The fraction of sp³-hybridized carbons (Fsp3) is 0.769. The summed E-state index contributed by atoms with van der Waals surface area (Å²) in [6, 6.07) is 0.535. The van der Waals surface area contributed by atoms with E-state index < -0.39 is 0 Å². The maximum Gasteiger partial charge on any atom is 0.307 e. The minimum absolute atomic E-state index is 0.119. The fourth-order valence-electron chi connectivity index (χ4n) is 1.75. The third kappa shape index (κ3) is 5.91. The van der Waals surface area contributed by atoms with Gasteiger partial charge in [0.1, 0.15) is 5.60 Å². The molecule has 0 bridgehead atoms. The summed E-state index contributed by atoms with van der Waals surface area (Å²) in [6.45, 7) is 6.40. The minimum atomic E-state index is -0.370. The first-order valence-electron chi connectivity index (χ1n) is 6.07. The van der Waals surface area contributed by atoms with E-state index in [1.807, 2.05) is 20.8 Å². The molecule has 1 aliphatic carbocycles. The predicted molar refractivity (Wildman–Crippen MR) is 65.2 cm³/mol. The molecule has 3 heteroatoms. The Morgan fingerprint density at radius 2 is 2.19 bits per heavy atom. The maximum absolute atomic E-state index is 11.4. The van der Waals surface area contributed by atoms with E-state index in [0.29, 0.717) is 19.0 Å². The van der Waals surface area contributed by atoms with Gasteiger partial charge in [-0.25, -0.2) is 0 Å². The van der Waals surface area contributed by atoms with E-state index in [2.05, 4.69) is 17.5 Å². The van der Waals surface area contributed by atoms with Crippen LogP contribution in [0.5, 0.6) is 0 Å². The van der Waals surface area contributed by atoms with Gasteiger partial charge in [0.2, 0.25) is 0 Å². The van der Waals surface area contributed by atoms with Crippen LogP contribution in [0.4, 0.5) is 0 Å². The minimum Gasteiger partial charge on any atom is -0.460 e. The molecule has 0 heterocycles. The predicted octanol–water partition coefficient (Wildman–Crippen LogP) is 2.42. The van der Waals surface area contributed by atoms with Crippen molar-refractivity contribution in [3.63, 3.8) is 0 Å². The summed E-state index contributed by atoms with van der Waals surface area (Å²) in [7, 11) is 0. The summed E-state index contributed by atoms with van der Waals surface area (Å²) in [4.78, 5) is 11.4. The first kappa shape index (κ1) is 13.2. The second-order valence-electron chi connectivity index (χ2n) is 5.27. The summed E-state index contributed by atoms with van der Waals surface area (Å²) in [5.74, 6) is -0.119. The second-order valence-corrected chi connectivity index (χ2v) is 5.27. The van der Waals surface area contributed by atoms with Crippen LogP contribution >= 0.6 is 0 Å². The van der Waals surface area contributed by atoms with Gasteiger partial charge in [-0.3, -0.25) is 4.79 Å². The van der Waals surface area contributed by atoms with Crippen molar-refractivity contribution in [1.29, 1.82) is 0 Å². The average molecular weight is 225 g/mol. The summed E-state index contributed by atoms with van der Waals surface area (Å²) >= 11 is 0. The van der Waals surface area contributed by atoms with Gasteiger partial charge in [-0.15, -0.1) is 0 Å². The van der Waals surface area contributed by atoms with Crippen LogP contribution in [-0.2, 0) is 9.53 Å². The SMILES string of the molecule is CC(C)(C)OC(=O)CCNC1CC=CCC1. The number of nitrogens with one attached hydrogen (secondary N) is 1. The first-order valence-corrected chi connectivity index (χ1v) is 6.07. The highest BCUT2D eigenvalue weighted by atomic mass is 16.6. The van der Waals surface area contributed by atoms with Crippen LogP contribution in [-0.4, -0.2) is 24.2 Å². The lowest BCUT2D eigenvalue weighted by molar-refractivity contribution is -0.154. The third-order valence-electron chi connectivity index (χ3n) is 2.45. The monoisotopic (exact) mass is 225 g/mol. The van der Waals surface area contributed by atoms with Crippen molar-refractivity contribution in [2.24, 2.45) is 0 Å². The van der Waals surface area contributed by atoms with Gasteiger partial charge in [-0.1, -0.05) is 12.2 Å². The van der Waals surface area contributed by atoms with Crippen molar-refractivity contribution in [3.8, 4) is 0 Å². The topological polar surface area (TPSA) is 38.3 Å². The van der Waals surface area contributed by atoms with Gasteiger partial charge >= 0.3 is 5.97 Å². The molecule has 0 aliphatic heterocycles. The molecule has 0 spiro atoms. The number of esters is 1. The van der Waals surface area contributed by atoms with E-state index in [0.717, 1.165) is 12.8 Å². The molecule has 1 rings (SSSR count). The van der Waals surface area contributed by atoms with Gasteiger partial charge < -0.3 is 10.1 Å². The van der Waals surface area contributed by atoms with E-state index >= 15 is 0 Å². The van der Waals surface area contributed by atoms with Crippen molar-refractivity contribution in [2.45, 2.75) is 58.1 Å². The molecule has 0 aromatic carbocycles. The molecule has 0 fully saturated rings. The molecule has 1 atom stereocenters. The highest BCUT2D eigenvalue weighted by Gasteiger charge is 2.16. The Labute approximate surface area is 98.2 Å². The number of hydrogen-bond donors (Lipinski definition) is 1. The van der Waals surface area contributed by atoms with E-state index in [4.69, 9.17) is 4.74 Å². The molecule has 3 nitrogen and oxygen atoms in total. The van der Waals surface area contributed by atoms with Crippen LogP contribution in [0.15, 0.2) is 12.2 Å². The fourth-order valence-corrected chi connectivity index (χ4v) is 1.75. The molecule has 0 saturated heterocycles. The van der Waals surface area contributed by atoms with Crippen molar-refractivity contribution in [3.05, 3.63) is 12.2 Å². The Hall–Kier alpha value is -0.830. The molecule has 0 amide bonds. The van der Waals surface area contributed by atoms with Crippen LogP contribution in [0.3, 0.4) is 0 Å². The standard InChI is InChI=1S/C13H23NO2/c1-13(2,3)16-12(15)9-10-14-11-7-5-4-6-8-11/h4-5,11,14H,6-10H2,1-3H3. The van der Waals surface area contributed by atoms with Crippen molar-refractivity contribution < 1.29 is 9.53 Å². The molecular formula is C13H23NO2. The summed E-state index contributed by atoms with van der Waals surface area (Å²) < 4.78 is 5.23. The van der Waals surface area contributed by atoms with Gasteiger partial charge in [0.25, 0.3) is 0 Å². The van der Waals surface area contributed by atoms with Gasteiger partial charge in [-0.05, 0) is 40.0 Å². The lowest BCUT2D eigenvalue weighted by atomic mass is 10.0. The number of allylic oxidation sites excluding steroid dienone is 1. The highest BCUT2D eigenvalue weighted by molar-refractivity contribution is 5.70. The summed E-state index contributed by atoms with van der Waals surface area (Å²) in [5.41, 5.74) is -0.370. The number of carbonyl (C=O) groups excluding carboxylic acids is 1. The zero-order valence-electron chi connectivity index (χ0n) is 10.6. The molecule has 16 heavy (non-hydrogen) atoms.